The van der Waals surface area contributed by atoms with Crippen molar-refractivity contribution in [2.24, 2.45) is 0 Å². The molecule has 0 fully saturated rings. The molecular weight excluding hydrogens is 363 g/mol. The Morgan fingerprint density at radius 3 is 2.79 bits per heavy atom. The van der Waals surface area contributed by atoms with Gasteiger partial charge in [0.15, 0.2) is 11.5 Å². The van der Waals surface area contributed by atoms with Gasteiger partial charge in [-0.2, -0.15) is 0 Å². The second kappa shape index (κ2) is 8.31. The summed E-state index contributed by atoms with van der Waals surface area (Å²) < 4.78 is 35.2. The summed E-state index contributed by atoms with van der Waals surface area (Å²) in [5.41, 5.74) is 2.64. The van der Waals surface area contributed by atoms with Gasteiger partial charge in [0, 0.05) is 25.1 Å². The molecule has 1 N–H and O–H groups in total. The first-order chi connectivity index (χ1) is 13.7. The van der Waals surface area contributed by atoms with E-state index >= 15 is 0 Å². The molecule has 0 saturated carbocycles. The third-order valence-electron chi connectivity index (χ3n) is 4.42. The Hall–Kier alpha value is -3.06. The van der Waals surface area contributed by atoms with Crippen LogP contribution in [0.1, 0.15) is 11.3 Å². The lowest BCUT2D eigenvalue weighted by molar-refractivity contribution is 0.165. The van der Waals surface area contributed by atoms with Gasteiger partial charge >= 0.3 is 0 Å². The molecule has 0 aliphatic carbocycles. The number of hydrogen-bond acceptors (Lipinski definition) is 6. The van der Waals surface area contributed by atoms with E-state index in [-0.39, 0.29) is 5.82 Å². The molecule has 1 aliphatic rings. The van der Waals surface area contributed by atoms with Crippen molar-refractivity contribution >= 4 is 0 Å². The van der Waals surface area contributed by atoms with E-state index in [4.69, 9.17) is 18.6 Å². The summed E-state index contributed by atoms with van der Waals surface area (Å²) in [7, 11) is 1.62. The Labute approximate surface area is 162 Å². The summed E-state index contributed by atoms with van der Waals surface area (Å²) in [5, 5.41) is 3.38. The molecule has 0 radical (unpaired) electrons. The van der Waals surface area contributed by atoms with Crippen LogP contribution in [0.3, 0.4) is 0 Å². The van der Waals surface area contributed by atoms with Crippen LogP contribution in [0.15, 0.2) is 47.1 Å². The molecule has 0 unspecified atom stereocenters. The van der Waals surface area contributed by atoms with Gasteiger partial charge in [-0.05, 0) is 42.0 Å². The molecule has 0 spiro atoms. The molecule has 0 bridgehead atoms. The van der Waals surface area contributed by atoms with Gasteiger partial charge in [0.05, 0.1) is 12.8 Å². The largest absolute Gasteiger partial charge is 0.493 e. The Bertz CT molecular complexity index is 923. The smallest absolute Gasteiger partial charge is 0.226 e. The number of aromatic nitrogens is 1. The van der Waals surface area contributed by atoms with Crippen molar-refractivity contribution in [3.63, 3.8) is 0 Å². The van der Waals surface area contributed by atoms with Gasteiger partial charge in [0.2, 0.25) is 11.6 Å². The molecular formula is C21H21FN2O4. The number of fused-ring (bicyclic) bond motifs is 1. The SMILES string of the molecule is COc1cc(CNCCc2coc(-c3ccc(F)cc3)n2)cc2c1OCCO2. The fraction of sp³-hybridized carbons (Fsp3) is 0.286. The predicted molar refractivity (Wildman–Crippen MR) is 101 cm³/mol. The Balaban J connectivity index is 1.32. The first-order valence-electron chi connectivity index (χ1n) is 9.10. The Kier molecular flexibility index (Phi) is 5.43. The highest BCUT2D eigenvalue weighted by molar-refractivity contribution is 5.54. The zero-order valence-electron chi connectivity index (χ0n) is 15.5. The maximum Gasteiger partial charge on any atom is 0.226 e. The zero-order valence-corrected chi connectivity index (χ0v) is 15.5. The van der Waals surface area contributed by atoms with E-state index in [1.165, 1.54) is 12.1 Å². The second-order valence-electron chi connectivity index (χ2n) is 6.40. The third kappa shape index (κ3) is 4.09. The monoisotopic (exact) mass is 384 g/mol. The number of oxazole rings is 1. The first-order valence-corrected chi connectivity index (χ1v) is 9.10. The van der Waals surface area contributed by atoms with Gasteiger partial charge < -0.3 is 23.9 Å². The molecule has 1 aliphatic heterocycles. The standard InChI is InChI=1S/C21H21FN2O4/c1-25-18-10-14(11-19-20(18)27-9-8-26-19)12-23-7-6-17-13-28-21(24-17)15-2-4-16(22)5-3-15/h2-5,10-11,13,23H,6-9,12H2,1H3. The predicted octanol–water partition coefficient (Wildman–Crippen LogP) is 3.59. The minimum absolute atomic E-state index is 0.282. The number of nitrogens with zero attached hydrogens (tertiary/aromatic N) is 1. The minimum Gasteiger partial charge on any atom is -0.493 e. The molecule has 146 valence electrons. The molecule has 0 saturated heterocycles. The van der Waals surface area contributed by atoms with Crippen molar-refractivity contribution in [2.75, 3.05) is 26.9 Å². The van der Waals surface area contributed by atoms with Gasteiger partial charge in [-0.3, -0.25) is 0 Å². The van der Waals surface area contributed by atoms with Gasteiger partial charge in [-0.25, -0.2) is 9.37 Å². The quantitative estimate of drug-likeness (QED) is 0.628. The van der Waals surface area contributed by atoms with Crippen LogP contribution in [0.4, 0.5) is 4.39 Å². The molecule has 0 atom stereocenters. The lowest BCUT2D eigenvalue weighted by Gasteiger charge is -2.21. The maximum atomic E-state index is 13.0. The topological polar surface area (TPSA) is 65.8 Å². The van der Waals surface area contributed by atoms with Crippen LogP contribution in [0.2, 0.25) is 0 Å². The molecule has 6 nitrogen and oxygen atoms in total. The highest BCUT2D eigenvalue weighted by Gasteiger charge is 2.18. The average molecular weight is 384 g/mol. The van der Waals surface area contributed by atoms with E-state index < -0.39 is 0 Å². The van der Waals surface area contributed by atoms with Crippen LogP contribution in [0, 0.1) is 5.82 Å². The molecule has 3 aromatic rings. The number of methoxy groups -OCH3 is 1. The molecule has 4 rings (SSSR count). The Morgan fingerprint density at radius 1 is 1.14 bits per heavy atom. The Morgan fingerprint density at radius 2 is 1.96 bits per heavy atom. The number of hydrogen-bond donors (Lipinski definition) is 1. The molecule has 28 heavy (non-hydrogen) atoms. The number of benzene rings is 2. The van der Waals surface area contributed by atoms with Gasteiger partial charge in [-0.15, -0.1) is 0 Å². The lowest BCUT2D eigenvalue weighted by Crippen LogP contribution is -2.19. The summed E-state index contributed by atoms with van der Waals surface area (Å²) >= 11 is 0. The summed E-state index contributed by atoms with van der Waals surface area (Å²) in [6.45, 7) is 2.45. The summed E-state index contributed by atoms with van der Waals surface area (Å²) in [6.07, 6.45) is 2.35. The number of halogens is 1. The van der Waals surface area contributed by atoms with Crippen LogP contribution in [0.25, 0.3) is 11.5 Å². The van der Waals surface area contributed by atoms with E-state index in [0.29, 0.717) is 49.3 Å². The normalized spacial score (nSPS) is 12.8. The van der Waals surface area contributed by atoms with Crippen LogP contribution in [-0.4, -0.2) is 31.9 Å². The third-order valence-corrected chi connectivity index (χ3v) is 4.42. The first kappa shape index (κ1) is 18.3. The zero-order chi connectivity index (χ0) is 19.3. The molecule has 0 amide bonds. The van der Waals surface area contributed by atoms with Gasteiger partial charge in [-0.1, -0.05) is 0 Å². The average Bonchev–Trinajstić information content (AvgIpc) is 3.20. The fourth-order valence-electron chi connectivity index (χ4n) is 3.03. The van der Waals surface area contributed by atoms with Gasteiger partial charge in [0.25, 0.3) is 0 Å². The molecule has 1 aromatic heterocycles. The van der Waals surface area contributed by atoms with Crippen molar-refractivity contribution in [1.82, 2.24) is 10.3 Å². The number of nitrogens with one attached hydrogen (secondary N) is 1. The van der Waals surface area contributed by atoms with E-state index in [0.717, 1.165) is 23.4 Å². The van der Waals surface area contributed by atoms with E-state index in [1.54, 1.807) is 25.5 Å². The minimum atomic E-state index is -0.282. The highest BCUT2D eigenvalue weighted by atomic mass is 19.1. The number of rotatable bonds is 7. The lowest BCUT2D eigenvalue weighted by atomic mass is 10.1. The number of ether oxygens (including phenoxy) is 3. The van der Waals surface area contributed by atoms with E-state index in [9.17, 15) is 4.39 Å². The molecule has 2 heterocycles. The van der Waals surface area contributed by atoms with Crippen LogP contribution < -0.4 is 19.5 Å². The fourth-order valence-corrected chi connectivity index (χ4v) is 3.03. The van der Waals surface area contributed by atoms with Crippen LogP contribution in [0.5, 0.6) is 17.2 Å². The van der Waals surface area contributed by atoms with Crippen molar-refractivity contribution < 1.29 is 23.0 Å². The highest BCUT2D eigenvalue weighted by Crippen LogP contribution is 2.40. The van der Waals surface area contributed by atoms with Crippen molar-refractivity contribution in [3.05, 3.63) is 59.7 Å². The molecule has 7 heteroatoms. The summed E-state index contributed by atoms with van der Waals surface area (Å²) in [4.78, 5) is 4.45. The van der Waals surface area contributed by atoms with Crippen LogP contribution >= 0.6 is 0 Å². The van der Waals surface area contributed by atoms with Crippen molar-refractivity contribution in [1.29, 1.82) is 0 Å². The van der Waals surface area contributed by atoms with E-state index in [1.807, 2.05) is 12.1 Å². The summed E-state index contributed by atoms with van der Waals surface area (Å²) in [5.74, 6) is 2.26. The molecule has 2 aromatic carbocycles. The summed E-state index contributed by atoms with van der Waals surface area (Å²) in [6, 6.07) is 10.00. The maximum absolute atomic E-state index is 13.0. The van der Waals surface area contributed by atoms with E-state index in [2.05, 4.69) is 10.3 Å². The van der Waals surface area contributed by atoms with Crippen molar-refractivity contribution in [3.8, 4) is 28.7 Å². The van der Waals surface area contributed by atoms with Crippen molar-refractivity contribution in [2.45, 2.75) is 13.0 Å². The van der Waals surface area contributed by atoms with Gasteiger partial charge in [0.1, 0.15) is 25.3 Å². The van der Waals surface area contributed by atoms with Crippen LogP contribution in [-0.2, 0) is 13.0 Å². The second-order valence-corrected chi connectivity index (χ2v) is 6.40.